The minimum absolute atomic E-state index is 0.237. The third-order valence-electron chi connectivity index (χ3n) is 5.97. The van der Waals surface area contributed by atoms with Crippen LogP contribution in [-0.4, -0.2) is 20.2 Å². The highest BCUT2D eigenvalue weighted by atomic mass is 32.1. The van der Waals surface area contributed by atoms with Gasteiger partial charge in [-0.05, 0) is 72.4 Å². The molecule has 3 heterocycles. The van der Waals surface area contributed by atoms with Gasteiger partial charge in [0.1, 0.15) is 5.82 Å². The zero-order valence-corrected chi connectivity index (χ0v) is 20.4. The maximum absolute atomic E-state index is 13.4. The highest BCUT2D eigenvalue weighted by molar-refractivity contribution is 7.80. The monoisotopic (exact) mass is 490 g/mol. The van der Waals surface area contributed by atoms with Crippen molar-refractivity contribution in [1.29, 1.82) is 0 Å². The van der Waals surface area contributed by atoms with E-state index in [2.05, 4.69) is 63.0 Å². The molecule has 1 aliphatic heterocycles. The van der Waals surface area contributed by atoms with E-state index in [0.29, 0.717) is 28.9 Å². The average molecular weight is 491 g/mol. The van der Waals surface area contributed by atoms with Crippen LogP contribution in [0.15, 0.2) is 76.3 Å². The number of thiocarbonyl (C=S) groups is 1. The molecule has 1 N–H and O–H groups in total. The Bertz CT molecular complexity index is 1330. The second kappa shape index (κ2) is 9.48. The fourth-order valence-electron chi connectivity index (χ4n) is 4.05. The van der Waals surface area contributed by atoms with E-state index in [4.69, 9.17) is 16.7 Å². The van der Waals surface area contributed by atoms with Crippen LogP contribution in [0.4, 0.5) is 4.39 Å². The molecule has 0 bridgehead atoms. The molecular formula is C26H23FN4OS2. The number of allylic oxidation sites excluding steroid dienone is 1. The van der Waals surface area contributed by atoms with Crippen molar-refractivity contribution in [2.45, 2.75) is 32.9 Å². The van der Waals surface area contributed by atoms with Crippen molar-refractivity contribution in [2.75, 3.05) is 0 Å². The quantitative estimate of drug-likeness (QED) is 0.317. The molecule has 0 radical (unpaired) electrons. The largest absolute Gasteiger partial charge is 0.351 e. The van der Waals surface area contributed by atoms with Crippen LogP contribution in [0.1, 0.15) is 41.8 Å². The van der Waals surface area contributed by atoms with Gasteiger partial charge < -0.3 is 14.7 Å². The standard InChI is InChI=1S/C26H23FN4OS2/c1-3-17-6-8-18(9-7-17)23-22(16(2)31(26(33)28-23)15-21-5-4-14-34-21)25-29-24(30-32-25)19-10-12-20(27)13-11-19/h4-14,23H,3,15H2,1-2H3,(H,28,33). The third kappa shape index (κ3) is 4.38. The number of thiophene rings is 1. The molecule has 8 heteroatoms. The van der Waals surface area contributed by atoms with Crippen molar-refractivity contribution in [2.24, 2.45) is 0 Å². The van der Waals surface area contributed by atoms with Crippen molar-refractivity contribution in [3.63, 3.8) is 0 Å². The van der Waals surface area contributed by atoms with Crippen LogP contribution >= 0.6 is 23.6 Å². The minimum Gasteiger partial charge on any atom is -0.351 e. The maximum Gasteiger partial charge on any atom is 0.258 e. The molecule has 5 rings (SSSR count). The van der Waals surface area contributed by atoms with Gasteiger partial charge in [0.05, 0.1) is 18.2 Å². The molecule has 0 amide bonds. The van der Waals surface area contributed by atoms with E-state index in [0.717, 1.165) is 23.3 Å². The van der Waals surface area contributed by atoms with Gasteiger partial charge in [-0.1, -0.05) is 42.4 Å². The number of hydrogen-bond donors (Lipinski definition) is 1. The molecule has 0 aliphatic carbocycles. The number of aryl methyl sites for hydroxylation is 1. The lowest BCUT2D eigenvalue weighted by atomic mass is 9.94. The van der Waals surface area contributed by atoms with Gasteiger partial charge in [0.2, 0.25) is 5.82 Å². The lowest BCUT2D eigenvalue weighted by Crippen LogP contribution is -2.45. The SMILES string of the molecule is CCc1ccc(C2NC(=S)N(Cc3cccs3)C(C)=C2c2nc(-c3ccc(F)cc3)no2)cc1. The predicted octanol–water partition coefficient (Wildman–Crippen LogP) is 6.36. The Morgan fingerprint density at radius 3 is 2.56 bits per heavy atom. The summed E-state index contributed by atoms with van der Waals surface area (Å²) in [6, 6.07) is 18.4. The molecule has 1 atom stereocenters. The molecule has 5 nitrogen and oxygen atoms in total. The van der Waals surface area contributed by atoms with Gasteiger partial charge in [0.25, 0.3) is 5.89 Å². The van der Waals surface area contributed by atoms with Crippen LogP contribution in [0.2, 0.25) is 0 Å². The second-order valence-corrected chi connectivity index (χ2v) is 9.49. The summed E-state index contributed by atoms with van der Waals surface area (Å²) in [5.41, 5.74) is 4.84. The highest BCUT2D eigenvalue weighted by Gasteiger charge is 2.34. The Balaban J connectivity index is 1.58. The lowest BCUT2D eigenvalue weighted by Gasteiger charge is -2.37. The number of hydrogen-bond acceptors (Lipinski definition) is 5. The van der Waals surface area contributed by atoms with Crippen molar-refractivity contribution in [3.05, 3.63) is 99.5 Å². The third-order valence-corrected chi connectivity index (χ3v) is 7.17. The highest BCUT2D eigenvalue weighted by Crippen LogP contribution is 2.38. The fraction of sp³-hybridized carbons (Fsp3) is 0.192. The first-order valence-corrected chi connectivity index (χ1v) is 12.3. The van der Waals surface area contributed by atoms with Crippen LogP contribution in [0.5, 0.6) is 0 Å². The van der Waals surface area contributed by atoms with Crippen LogP contribution in [-0.2, 0) is 13.0 Å². The van der Waals surface area contributed by atoms with E-state index in [1.165, 1.54) is 22.6 Å². The zero-order chi connectivity index (χ0) is 23.7. The molecular weight excluding hydrogens is 467 g/mol. The molecule has 1 unspecified atom stereocenters. The van der Waals surface area contributed by atoms with Gasteiger partial charge in [0.15, 0.2) is 5.11 Å². The van der Waals surface area contributed by atoms with Crippen LogP contribution in [0.25, 0.3) is 17.0 Å². The molecule has 2 aromatic heterocycles. The lowest BCUT2D eigenvalue weighted by molar-refractivity contribution is 0.396. The van der Waals surface area contributed by atoms with Crippen molar-refractivity contribution in [3.8, 4) is 11.4 Å². The fourth-order valence-corrected chi connectivity index (χ4v) is 5.06. The van der Waals surface area contributed by atoms with Gasteiger partial charge in [-0.2, -0.15) is 4.98 Å². The summed E-state index contributed by atoms with van der Waals surface area (Å²) in [4.78, 5) is 7.95. The normalized spacial score (nSPS) is 16.1. The zero-order valence-electron chi connectivity index (χ0n) is 18.8. The first kappa shape index (κ1) is 22.4. The van der Waals surface area contributed by atoms with Gasteiger partial charge in [-0.3, -0.25) is 0 Å². The Kier molecular flexibility index (Phi) is 6.26. The minimum atomic E-state index is -0.309. The van der Waals surface area contributed by atoms with E-state index in [-0.39, 0.29) is 11.9 Å². The first-order valence-electron chi connectivity index (χ1n) is 11.0. The number of nitrogens with zero attached hydrogens (tertiary/aromatic N) is 3. The van der Waals surface area contributed by atoms with Gasteiger partial charge >= 0.3 is 0 Å². The summed E-state index contributed by atoms with van der Waals surface area (Å²) in [7, 11) is 0. The maximum atomic E-state index is 13.4. The van der Waals surface area contributed by atoms with Crippen molar-refractivity contribution >= 4 is 34.2 Å². The summed E-state index contributed by atoms with van der Waals surface area (Å²) >= 11 is 7.47. The topological polar surface area (TPSA) is 54.2 Å². The number of halogens is 1. The van der Waals surface area contributed by atoms with E-state index in [1.54, 1.807) is 23.5 Å². The van der Waals surface area contributed by atoms with E-state index in [9.17, 15) is 4.39 Å². The average Bonchev–Trinajstić information content (AvgIpc) is 3.54. The Morgan fingerprint density at radius 1 is 1.12 bits per heavy atom. The second-order valence-electron chi connectivity index (χ2n) is 8.07. The Morgan fingerprint density at radius 2 is 1.88 bits per heavy atom. The van der Waals surface area contributed by atoms with Gasteiger partial charge in [-0.25, -0.2) is 4.39 Å². The Hall–Kier alpha value is -3.36. The van der Waals surface area contributed by atoms with Crippen molar-refractivity contribution < 1.29 is 8.91 Å². The van der Waals surface area contributed by atoms with Crippen LogP contribution in [0.3, 0.4) is 0 Å². The molecule has 34 heavy (non-hydrogen) atoms. The smallest absolute Gasteiger partial charge is 0.258 e. The predicted molar refractivity (Wildman–Crippen MR) is 136 cm³/mol. The summed E-state index contributed by atoms with van der Waals surface area (Å²) in [6.45, 7) is 4.82. The molecule has 0 saturated heterocycles. The van der Waals surface area contributed by atoms with Crippen molar-refractivity contribution in [1.82, 2.24) is 20.4 Å². The van der Waals surface area contributed by atoms with Crippen LogP contribution in [0, 0.1) is 5.82 Å². The van der Waals surface area contributed by atoms with Gasteiger partial charge in [0, 0.05) is 16.1 Å². The summed E-state index contributed by atoms with van der Waals surface area (Å²) in [6.07, 6.45) is 0.970. The molecule has 0 saturated carbocycles. The number of aromatic nitrogens is 2. The number of benzene rings is 2. The Labute approximate surface area is 206 Å². The number of rotatable bonds is 6. The molecule has 2 aromatic carbocycles. The molecule has 0 spiro atoms. The summed E-state index contributed by atoms with van der Waals surface area (Å²) in [5, 5.41) is 10.4. The van der Waals surface area contributed by atoms with E-state index >= 15 is 0 Å². The first-order chi connectivity index (χ1) is 16.5. The summed E-state index contributed by atoms with van der Waals surface area (Å²) < 4.78 is 19.1. The number of nitrogens with one attached hydrogen (secondary N) is 1. The molecule has 1 aliphatic rings. The summed E-state index contributed by atoms with van der Waals surface area (Å²) in [5.74, 6) is 0.511. The van der Waals surface area contributed by atoms with E-state index in [1.807, 2.05) is 13.0 Å². The van der Waals surface area contributed by atoms with Crippen LogP contribution < -0.4 is 5.32 Å². The molecule has 0 fully saturated rings. The molecule has 172 valence electrons. The molecule has 4 aromatic rings. The van der Waals surface area contributed by atoms with E-state index < -0.39 is 0 Å². The van der Waals surface area contributed by atoms with Gasteiger partial charge in [-0.15, -0.1) is 11.3 Å².